The smallest absolute Gasteiger partial charge is 0.0409 e. The van der Waals surface area contributed by atoms with Gasteiger partial charge in [-0.15, -0.1) is 0 Å². The molecule has 2 aromatic rings. The molecule has 1 unspecified atom stereocenters. The minimum atomic E-state index is -0.346. The van der Waals surface area contributed by atoms with E-state index in [1.54, 1.807) is 0 Å². The van der Waals surface area contributed by atoms with Crippen LogP contribution in [0.15, 0.2) is 54.6 Å². The van der Waals surface area contributed by atoms with Gasteiger partial charge < -0.3 is 5.73 Å². The Labute approximate surface area is 114 Å². The van der Waals surface area contributed by atoms with Crippen LogP contribution in [0.2, 0.25) is 5.02 Å². The van der Waals surface area contributed by atoms with Crippen molar-refractivity contribution in [3.63, 3.8) is 0 Å². The lowest BCUT2D eigenvalue weighted by atomic mass is 9.87. The maximum Gasteiger partial charge on any atom is 0.0409 e. The van der Waals surface area contributed by atoms with E-state index in [9.17, 15) is 0 Å². The Morgan fingerprint density at radius 2 is 1.78 bits per heavy atom. The quantitative estimate of drug-likeness (QED) is 0.877. The molecule has 0 aliphatic heterocycles. The largest absolute Gasteiger partial charge is 0.322 e. The van der Waals surface area contributed by atoms with Crippen LogP contribution < -0.4 is 5.73 Å². The highest BCUT2D eigenvalue weighted by atomic mass is 35.5. The number of aryl methyl sites for hydroxylation is 1. The Hall–Kier alpha value is -1.31. The molecule has 94 valence electrons. The molecule has 0 fully saturated rings. The molecule has 0 spiro atoms. The molecule has 1 nitrogen and oxygen atoms in total. The van der Waals surface area contributed by atoms with Crippen LogP contribution >= 0.6 is 11.6 Å². The van der Waals surface area contributed by atoms with Gasteiger partial charge in [-0.1, -0.05) is 54.1 Å². The van der Waals surface area contributed by atoms with Gasteiger partial charge in [-0.3, -0.25) is 0 Å². The molecule has 0 aromatic heterocycles. The highest BCUT2D eigenvalue weighted by Gasteiger charge is 2.20. The summed E-state index contributed by atoms with van der Waals surface area (Å²) in [5.74, 6) is 0. The first-order chi connectivity index (χ1) is 8.58. The van der Waals surface area contributed by atoms with E-state index < -0.39 is 0 Å². The lowest BCUT2D eigenvalue weighted by molar-refractivity contribution is 0.453. The van der Waals surface area contributed by atoms with Gasteiger partial charge in [0.15, 0.2) is 0 Å². The normalized spacial score (nSPS) is 14.2. The summed E-state index contributed by atoms with van der Waals surface area (Å²) in [5.41, 5.74) is 8.45. The highest BCUT2D eigenvalue weighted by molar-refractivity contribution is 6.30. The van der Waals surface area contributed by atoms with Crippen molar-refractivity contribution in [1.82, 2.24) is 0 Å². The molecule has 2 N–H and O–H groups in total. The molecule has 18 heavy (non-hydrogen) atoms. The zero-order chi connectivity index (χ0) is 13.0. The first-order valence-electron chi connectivity index (χ1n) is 6.17. The second-order valence-corrected chi connectivity index (χ2v) is 5.35. The predicted octanol–water partition coefficient (Wildman–Crippen LogP) is 4.15. The van der Waals surface area contributed by atoms with Crippen molar-refractivity contribution < 1.29 is 0 Å². The number of rotatable bonds is 4. The van der Waals surface area contributed by atoms with Crippen molar-refractivity contribution in [3.05, 3.63) is 70.7 Å². The number of nitrogens with two attached hydrogens (primary N) is 1. The summed E-state index contributed by atoms with van der Waals surface area (Å²) in [6.07, 6.45) is 1.87. The Balaban J connectivity index is 2.08. The second kappa shape index (κ2) is 5.55. The second-order valence-electron chi connectivity index (χ2n) is 4.91. The summed E-state index contributed by atoms with van der Waals surface area (Å²) in [4.78, 5) is 0. The highest BCUT2D eigenvalue weighted by Crippen LogP contribution is 2.25. The third kappa shape index (κ3) is 3.34. The lowest BCUT2D eigenvalue weighted by Gasteiger charge is -2.25. The van der Waals surface area contributed by atoms with E-state index in [4.69, 9.17) is 17.3 Å². The van der Waals surface area contributed by atoms with E-state index in [2.05, 4.69) is 31.2 Å². The van der Waals surface area contributed by atoms with Crippen LogP contribution in [0.25, 0.3) is 0 Å². The fourth-order valence-electron chi connectivity index (χ4n) is 2.04. The Morgan fingerprint density at radius 3 is 2.44 bits per heavy atom. The molecule has 0 amide bonds. The number of hydrogen-bond acceptors (Lipinski definition) is 1. The van der Waals surface area contributed by atoms with Crippen LogP contribution in [0.1, 0.15) is 24.5 Å². The van der Waals surface area contributed by atoms with Crippen molar-refractivity contribution >= 4 is 11.6 Å². The average molecular weight is 260 g/mol. The summed E-state index contributed by atoms with van der Waals surface area (Å²) in [6.45, 7) is 2.06. The lowest BCUT2D eigenvalue weighted by Crippen LogP contribution is -2.33. The summed E-state index contributed by atoms with van der Waals surface area (Å²) in [6, 6.07) is 18.2. The molecule has 1 atom stereocenters. The Bertz CT molecular complexity index is 506. The molecular formula is C16H18ClN. The molecule has 0 saturated heterocycles. The molecule has 0 aliphatic carbocycles. The van der Waals surface area contributed by atoms with Gasteiger partial charge in [0, 0.05) is 10.6 Å². The van der Waals surface area contributed by atoms with E-state index in [-0.39, 0.29) is 5.54 Å². The maximum atomic E-state index is 6.40. The predicted molar refractivity (Wildman–Crippen MR) is 77.8 cm³/mol. The minimum absolute atomic E-state index is 0.346. The van der Waals surface area contributed by atoms with Crippen LogP contribution in [0.5, 0.6) is 0 Å². The SMILES string of the molecule is CC(N)(CCc1ccccc1)c1cccc(Cl)c1. The number of benzene rings is 2. The first-order valence-corrected chi connectivity index (χ1v) is 6.54. The van der Waals surface area contributed by atoms with Crippen molar-refractivity contribution in [1.29, 1.82) is 0 Å². The van der Waals surface area contributed by atoms with Crippen LogP contribution in [-0.2, 0) is 12.0 Å². The monoisotopic (exact) mass is 259 g/mol. The molecule has 2 heteroatoms. The van der Waals surface area contributed by atoms with Crippen molar-refractivity contribution in [3.8, 4) is 0 Å². The van der Waals surface area contributed by atoms with Crippen LogP contribution in [0, 0.1) is 0 Å². The third-order valence-electron chi connectivity index (χ3n) is 3.26. The zero-order valence-corrected chi connectivity index (χ0v) is 11.3. The minimum Gasteiger partial charge on any atom is -0.322 e. The summed E-state index contributed by atoms with van der Waals surface area (Å²) in [7, 11) is 0. The van der Waals surface area contributed by atoms with E-state index in [0.717, 1.165) is 23.4 Å². The summed E-state index contributed by atoms with van der Waals surface area (Å²) >= 11 is 6.01. The van der Waals surface area contributed by atoms with Gasteiger partial charge in [-0.25, -0.2) is 0 Å². The van der Waals surface area contributed by atoms with E-state index in [1.165, 1.54) is 5.56 Å². The van der Waals surface area contributed by atoms with Gasteiger partial charge in [0.05, 0.1) is 0 Å². The van der Waals surface area contributed by atoms with Crippen molar-refractivity contribution in [2.75, 3.05) is 0 Å². The number of hydrogen-bond donors (Lipinski definition) is 1. The van der Waals surface area contributed by atoms with Crippen LogP contribution in [-0.4, -0.2) is 0 Å². The van der Waals surface area contributed by atoms with Crippen LogP contribution in [0.4, 0.5) is 0 Å². The molecule has 0 radical (unpaired) electrons. The van der Waals surface area contributed by atoms with Gasteiger partial charge in [-0.2, -0.15) is 0 Å². The molecule has 0 heterocycles. The Morgan fingerprint density at radius 1 is 1.06 bits per heavy atom. The van der Waals surface area contributed by atoms with Crippen LogP contribution in [0.3, 0.4) is 0 Å². The Kier molecular flexibility index (Phi) is 4.05. The average Bonchev–Trinajstić information content (AvgIpc) is 2.38. The van der Waals surface area contributed by atoms with Crippen molar-refractivity contribution in [2.24, 2.45) is 5.73 Å². The third-order valence-corrected chi connectivity index (χ3v) is 3.50. The molecule has 2 rings (SSSR count). The number of halogens is 1. The maximum absolute atomic E-state index is 6.40. The standard InChI is InChI=1S/C16H18ClN/c1-16(18,14-8-5-9-15(17)12-14)11-10-13-6-3-2-4-7-13/h2-9,12H,10-11,18H2,1H3. The summed E-state index contributed by atoms with van der Waals surface area (Å²) in [5, 5.41) is 0.740. The van der Waals surface area contributed by atoms with E-state index in [1.807, 2.05) is 30.3 Å². The van der Waals surface area contributed by atoms with Crippen molar-refractivity contribution in [2.45, 2.75) is 25.3 Å². The van der Waals surface area contributed by atoms with Gasteiger partial charge in [-0.05, 0) is 43.0 Å². The zero-order valence-electron chi connectivity index (χ0n) is 10.6. The molecule has 0 aliphatic rings. The fourth-order valence-corrected chi connectivity index (χ4v) is 2.23. The topological polar surface area (TPSA) is 26.0 Å². The van der Waals surface area contributed by atoms with Gasteiger partial charge in [0.25, 0.3) is 0 Å². The summed E-state index contributed by atoms with van der Waals surface area (Å²) < 4.78 is 0. The van der Waals surface area contributed by atoms with E-state index >= 15 is 0 Å². The van der Waals surface area contributed by atoms with Gasteiger partial charge >= 0.3 is 0 Å². The molecule has 0 bridgehead atoms. The first kappa shape index (κ1) is 13.1. The van der Waals surface area contributed by atoms with Gasteiger partial charge in [0.2, 0.25) is 0 Å². The molecular weight excluding hydrogens is 242 g/mol. The fraction of sp³-hybridized carbons (Fsp3) is 0.250. The van der Waals surface area contributed by atoms with Gasteiger partial charge in [0.1, 0.15) is 0 Å². The van der Waals surface area contributed by atoms with E-state index in [0.29, 0.717) is 0 Å². The molecule has 0 saturated carbocycles. The molecule has 2 aromatic carbocycles.